The highest BCUT2D eigenvalue weighted by Crippen LogP contribution is 2.18. The van der Waals surface area contributed by atoms with E-state index in [0.29, 0.717) is 13.0 Å². The number of ether oxygens (including phenoxy) is 2. The first-order chi connectivity index (χ1) is 15.8. The lowest BCUT2D eigenvalue weighted by Gasteiger charge is -2.33. The van der Waals surface area contributed by atoms with Crippen molar-refractivity contribution >= 4 is 21.9 Å². The summed E-state index contributed by atoms with van der Waals surface area (Å²) in [7, 11) is -3.76. The standard InChI is InChI=1S/C23H27FN2O6S/c1-18-4-2-5-20(16-18)31-15-3-6-23(28)32-17-22(27)25-11-13-26(14-12-25)33(29,30)21-9-7-19(24)8-10-21/h2,4-5,7-10,16H,3,6,11-15,17H2,1H3. The summed E-state index contributed by atoms with van der Waals surface area (Å²) in [5.41, 5.74) is 1.08. The van der Waals surface area contributed by atoms with Crippen molar-refractivity contribution in [1.29, 1.82) is 0 Å². The molecule has 3 rings (SSSR count). The largest absolute Gasteiger partial charge is 0.494 e. The Bertz CT molecular complexity index is 1070. The Kier molecular flexibility index (Phi) is 8.40. The summed E-state index contributed by atoms with van der Waals surface area (Å²) in [6.07, 6.45) is 0.587. The monoisotopic (exact) mass is 478 g/mol. The quantitative estimate of drug-likeness (QED) is 0.406. The topological polar surface area (TPSA) is 93.2 Å². The highest BCUT2D eigenvalue weighted by atomic mass is 32.2. The predicted octanol–water partition coefficient (Wildman–Crippen LogP) is 2.37. The van der Waals surface area contributed by atoms with Crippen molar-refractivity contribution in [3.63, 3.8) is 0 Å². The Balaban J connectivity index is 1.36. The fraction of sp³-hybridized carbons (Fsp3) is 0.391. The van der Waals surface area contributed by atoms with Crippen molar-refractivity contribution < 1.29 is 31.9 Å². The minimum absolute atomic E-state index is 0.00369. The number of esters is 1. The molecule has 33 heavy (non-hydrogen) atoms. The first-order valence-electron chi connectivity index (χ1n) is 10.6. The van der Waals surface area contributed by atoms with E-state index in [9.17, 15) is 22.4 Å². The number of carbonyl (C=O) groups excluding carboxylic acids is 2. The number of aryl methyl sites for hydroxylation is 1. The Morgan fingerprint density at radius 2 is 1.73 bits per heavy atom. The normalized spacial score (nSPS) is 14.7. The third kappa shape index (κ3) is 7.00. The number of piperazine rings is 1. The molecular formula is C23H27FN2O6S. The van der Waals surface area contributed by atoms with Crippen molar-refractivity contribution in [2.75, 3.05) is 39.4 Å². The van der Waals surface area contributed by atoms with Crippen molar-refractivity contribution in [3.05, 3.63) is 59.9 Å². The second-order valence-electron chi connectivity index (χ2n) is 7.67. The van der Waals surface area contributed by atoms with Crippen LogP contribution in [0.15, 0.2) is 53.4 Å². The van der Waals surface area contributed by atoms with Gasteiger partial charge in [0.2, 0.25) is 10.0 Å². The van der Waals surface area contributed by atoms with Gasteiger partial charge in [0, 0.05) is 32.6 Å². The molecule has 8 nitrogen and oxygen atoms in total. The molecule has 2 aromatic rings. The van der Waals surface area contributed by atoms with E-state index < -0.39 is 21.8 Å². The number of rotatable bonds is 9. The second kappa shape index (κ2) is 11.2. The SMILES string of the molecule is Cc1cccc(OCCCC(=O)OCC(=O)N2CCN(S(=O)(=O)c3ccc(F)cc3)CC2)c1. The molecule has 1 heterocycles. The maximum absolute atomic E-state index is 13.1. The first-order valence-corrected chi connectivity index (χ1v) is 12.1. The number of nitrogens with zero attached hydrogens (tertiary/aromatic N) is 2. The Hall–Kier alpha value is -2.98. The van der Waals surface area contributed by atoms with E-state index in [1.54, 1.807) is 0 Å². The molecular weight excluding hydrogens is 451 g/mol. The maximum Gasteiger partial charge on any atom is 0.306 e. The second-order valence-corrected chi connectivity index (χ2v) is 9.61. The van der Waals surface area contributed by atoms with Gasteiger partial charge >= 0.3 is 5.97 Å². The van der Waals surface area contributed by atoms with Crippen molar-refractivity contribution in [3.8, 4) is 5.75 Å². The number of hydrogen-bond acceptors (Lipinski definition) is 6. The van der Waals surface area contributed by atoms with E-state index in [4.69, 9.17) is 9.47 Å². The van der Waals surface area contributed by atoms with Crippen LogP contribution in [0.25, 0.3) is 0 Å². The fourth-order valence-electron chi connectivity index (χ4n) is 3.35. The minimum Gasteiger partial charge on any atom is -0.494 e. The molecule has 1 fully saturated rings. The third-order valence-corrected chi connectivity index (χ3v) is 7.10. The van der Waals surface area contributed by atoms with Crippen molar-refractivity contribution in [2.45, 2.75) is 24.7 Å². The molecule has 0 unspecified atom stereocenters. The summed E-state index contributed by atoms with van der Waals surface area (Å²) in [5, 5.41) is 0. The van der Waals surface area contributed by atoms with Crippen LogP contribution in [-0.2, 0) is 24.3 Å². The Morgan fingerprint density at radius 1 is 1.03 bits per heavy atom. The molecule has 1 amide bonds. The average molecular weight is 479 g/mol. The summed E-state index contributed by atoms with van der Waals surface area (Å²) in [4.78, 5) is 25.7. The number of amides is 1. The molecule has 0 radical (unpaired) electrons. The van der Waals surface area contributed by atoms with Crippen molar-refractivity contribution in [2.24, 2.45) is 0 Å². The Morgan fingerprint density at radius 3 is 2.39 bits per heavy atom. The van der Waals surface area contributed by atoms with Gasteiger partial charge in [0.05, 0.1) is 11.5 Å². The summed E-state index contributed by atoms with van der Waals surface area (Å²) in [5.74, 6) is -0.649. The van der Waals surface area contributed by atoms with Crippen LogP contribution < -0.4 is 4.74 Å². The first kappa shape index (κ1) is 24.7. The van der Waals surface area contributed by atoms with E-state index in [-0.39, 0.29) is 50.0 Å². The van der Waals surface area contributed by atoms with Crippen LogP contribution >= 0.6 is 0 Å². The van der Waals surface area contributed by atoms with Gasteiger partial charge in [-0.3, -0.25) is 9.59 Å². The predicted molar refractivity (Wildman–Crippen MR) is 119 cm³/mol. The third-order valence-electron chi connectivity index (χ3n) is 5.18. The van der Waals surface area contributed by atoms with E-state index in [2.05, 4.69) is 0 Å². The van der Waals surface area contributed by atoms with Gasteiger partial charge in [0.1, 0.15) is 11.6 Å². The van der Waals surface area contributed by atoms with Crippen LogP contribution in [0.3, 0.4) is 0 Å². The lowest BCUT2D eigenvalue weighted by molar-refractivity contribution is -0.152. The minimum atomic E-state index is -3.76. The molecule has 0 atom stereocenters. The zero-order valence-corrected chi connectivity index (χ0v) is 19.2. The molecule has 1 saturated heterocycles. The molecule has 0 N–H and O–H groups in total. The summed E-state index contributed by atoms with van der Waals surface area (Å²) in [6, 6.07) is 12.2. The average Bonchev–Trinajstić information content (AvgIpc) is 2.81. The number of carbonyl (C=O) groups is 2. The number of halogens is 1. The highest BCUT2D eigenvalue weighted by Gasteiger charge is 2.30. The molecule has 0 aliphatic carbocycles. The summed E-state index contributed by atoms with van der Waals surface area (Å²) >= 11 is 0. The number of sulfonamides is 1. The van der Waals surface area contributed by atoms with Crippen molar-refractivity contribution in [1.82, 2.24) is 9.21 Å². The number of benzene rings is 2. The zero-order valence-electron chi connectivity index (χ0n) is 18.4. The van der Waals surface area contributed by atoms with E-state index in [1.165, 1.54) is 21.3 Å². The molecule has 1 aliphatic heterocycles. The van der Waals surface area contributed by atoms with Gasteiger partial charge in [-0.05, 0) is 55.3 Å². The smallest absolute Gasteiger partial charge is 0.306 e. The lowest BCUT2D eigenvalue weighted by atomic mass is 10.2. The van der Waals surface area contributed by atoms with E-state index in [0.717, 1.165) is 23.4 Å². The van der Waals surface area contributed by atoms with Gasteiger partial charge in [0.25, 0.3) is 5.91 Å². The van der Waals surface area contributed by atoms with Crippen LogP contribution in [0.5, 0.6) is 5.75 Å². The van der Waals surface area contributed by atoms with Crippen LogP contribution in [0.4, 0.5) is 4.39 Å². The lowest BCUT2D eigenvalue weighted by Crippen LogP contribution is -2.51. The van der Waals surface area contributed by atoms with Crippen LogP contribution in [0, 0.1) is 12.7 Å². The van der Waals surface area contributed by atoms with Gasteiger partial charge in [-0.1, -0.05) is 12.1 Å². The van der Waals surface area contributed by atoms with Crippen LogP contribution in [0.1, 0.15) is 18.4 Å². The van der Waals surface area contributed by atoms with Gasteiger partial charge < -0.3 is 14.4 Å². The molecule has 1 aliphatic rings. The molecule has 178 valence electrons. The zero-order chi connectivity index (χ0) is 23.8. The van der Waals surface area contributed by atoms with E-state index >= 15 is 0 Å². The van der Waals surface area contributed by atoms with Gasteiger partial charge in [-0.2, -0.15) is 4.31 Å². The summed E-state index contributed by atoms with van der Waals surface area (Å²) < 4.78 is 50.2. The van der Waals surface area contributed by atoms with Gasteiger partial charge in [-0.25, -0.2) is 12.8 Å². The number of hydrogen-bond donors (Lipinski definition) is 0. The van der Waals surface area contributed by atoms with Crippen LogP contribution in [-0.4, -0.2) is 68.9 Å². The molecule has 0 bridgehead atoms. The molecule has 0 saturated carbocycles. The van der Waals surface area contributed by atoms with E-state index in [1.807, 2.05) is 31.2 Å². The molecule has 10 heteroatoms. The molecule has 0 aromatic heterocycles. The molecule has 0 spiro atoms. The summed E-state index contributed by atoms with van der Waals surface area (Å²) in [6.45, 7) is 2.51. The van der Waals surface area contributed by atoms with Gasteiger partial charge in [0.15, 0.2) is 6.61 Å². The maximum atomic E-state index is 13.1. The fourth-order valence-corrected chi connectivity index (χ4v) is 4.77. The van der Waals surface area contributed by atoms with Crippen LogP contribution in [0.2, 0.25) is 0 Å². The van der Waals surface area contributed by atoms with Gasteiger partial charge in [-0.15, -0.1) is 0 Å². The highest BCUT2D eigenvalue weighted by molar-refractivity contribution is 7.89. The molecule has 2 aromatic carbocycles. The Labute approximate surface area is 192 Å².